The number of carbonyl (C=O) groups is 10. The second kappa shape index (κ2) is 29.3. The van der Waals surface area contributed by atoms with Crippen molar-refractivity contribution < 1.29 is 63.3 Å². The molecule has 0 spiro atoms. The van der Waals surface area contributed by atoms with E-state index in [1.807, 2.05) is 6.92 Å². The zero-order valence-electron chi connectivity index (χ0n) is 43.0. The summed E-state index contributed by atoms with van der Waals surface area (Å²) >= 11 is 0. The van der Waals surface area contributed by atoms with Crippen LogP contribution in [0.2, 0.25) is 0 Å². The Hall–Kier alpha value is -9.12. The molecule has 0 saturated carbocycles. The van der Waals surface area contributed by atoms with Gasteiger partial charge >= 0.3 is 11.9 Å². The van der Waals surface area contributed by atoms with E-state index in [9.17, 15) is 63.3 Å². The van der Waals surface area contributed by atoms with Crippen LogP contribution in [0.4, 0.5) is 0 Å². The number of carboxylic acid groups (broad SMARTS) is 2. The largest absolute Gasteiger partial charge is 0.508 e. The second-order valence-corrected chi connectivity index (χ2v) is 18.7. The first-order chi connectivity index (χ1) is 37.2. The molecular formula is C55H66N10O13. The number of para-hydroxylation sites is 1. The number of aliphatic carboxylic acids is 2. The Bertz CT molecular complexity index is 2900. The van der Waals surface area contributed by atoms with Crippen molar-refractivity contribution in [2.45, 2.75) is 113 Å². The van der Waals surface area contributed by atoms with Gasteiger partial charge in [-0.3, -0.25) is 47.9 Å². The minimum atomic E-state index is -1.72. The van der Waals surface area contributed by atoms with Gasteiger partial charge in [-0.15, -0.1) is 0 Å². The number of carboxylic acids is 2. The van der Waals surface area contributed by atoms with Gasteiger partial charge in [0, 0.05) is 42.3 Å². The van der Waals surface area contributed by atoms with Crippen LogP contribution >= 0.6 is 0 Å². The van der Waals surface area contributed by atoms with E-state index >= 15 is 0 Å². The van der Waals surface area contributed by atoms with Crippen molar-refractivity contribution in [1.82, 2.24) is 42.2 Å². The summed E-state index contributed by atoms with van der Waals surface area (Å²) in [6.07, 6.45) is 0.576. The number of aromatic amines is 1. The molecule has 0 bridgehead atoms. The summed E-state index contributed by atoms with van der Waals surface area (Å²) in [5.41, 5.74) is 14.4. The zero-order valence-corrected chi connectivity index (χ0v) is 43.0. The van der Waals surface area contributed by atoms with E-state index in [1.165, 1.54) is 24.3 Å². The number of fused-ring (bicyclic) bond motifs is 1. The fraction of sp³-hybridized carbons (Fsp3) is 0.345. The number of phenols is 1. The molecule has 5 aromatic rings. The number of nitrogens with two attached hydrogens (primary N) is 2. The number of amides is 8. The smallest absolute Gasteiger partial charge is 0.305 e. The molecule has 0 aliphatic rings. The van der Waals surface area contributed by atoms with Crippen molar-refractivity contribution in [2.24, 2.45) is 11.5 Å². The first kappa shape index (κ1) is 59.8. The van der Waals surface area contributed by atoms with Gasteiger partial charge < -0.3 is 69.0 Å². The quantitative estimate of drug-likeness (QED) is 0.0301. The third-order valence-corrected chi connectivity index (χ3v) is 12.8. The van der Waals surface area contributed by atoms with Crippen molar-refractivity contribution in [3.8, 4) is 5.75 Å². The minimum Gasteiger partial charge on any atom is -0.508 e. The predicted octanol–water partition coefficient (Wildman–Crippen LogP) is 0.682. The molecule has 1 aromatic heterocycles. The van der Waals surface area contributed by atoms with Gasteiger partial charge in [-0.2, -0.15) is 0 Å². The lowest BCUT2D eigenvalue weighted by Crippen LogP contribution is -2.59. The number of nitrogens with one attached hydrogen (secondary N) is 8. The van der Waals surface area contributed by atoms with Gasteiger partial charge in [0.2, 0.25) is 47.3 Å². The molecule has 0 aliphatic heterocycles. The molecule has 0 saturated heterocycles. The van der Waals surface area contributed by atoms with Crippen LogP contribution < -0.4 is 48.7 Å². The van der Waals surface area contributed by atoms with Gasteiger partial charge in [-0.25, -0.2) is 0 Å². The first-order valence-electron chi connectivity index (χ1n) is 25.2. The molecule has 8 atom stereocenters. The molecule has 0 fully saturated rings. The summed E-state index contributed by atoms with van der Waals surface area (Å²) < 4.78 is 0. The topological polar surface area (TPSA) is 383 Å². The van der Waals surface area contributed by atoms with Gasteiger partial charge in [0.15, 0.2) is 0 Å². The summed E-state index contributed by atoms with van der Waals surface area (Å²) in [5.74, 6) is -11.0. The van der Waals surface area contributed by atoms with Crippen LogP contribution in [0, 0.1) is 0 Å². The summed E-state index contributed by atoms with van der Waals surface area (Å²) in [5, 5.41) is 47.4. The number of hydrogen-bond donors (Lipinski definition) is 13. The Labute approximate surface area is 449 Å². The average molecular weight is 1080 g/mol. The maximum absolute atomic E-state index is 14.5. The number of aromatic hydroxyl groups is 1. The predicted molar refractivity (Wildman–Crippen MR) is 285 cm³/mol. The van der Waals surface area contributed by atoms with Gasteiger partial charge in [-0.1, -0.05) is 118 Å². The number of primary amides is 1. The molecular weight excluding hydrogens is 1010 g/mol. The average Bonchev–Trinajstić information content (AvgIpc) is 3.87. The Morgan fingerprint density at radius 2 is 1.09 bits per heavy atom. The molecule has 414 valence electrons. The highest BCUT2D eigenvalue weighted by molar-refractivity contribution is 5.98. The summed E-state index contributed by atoms with van der Waals surface area (Å²) in [7, 11) is 0. The molecule has 0 radical (unpaired) electrons. The standard InChI is InChI=1S/C55H66N10O13/c1-3-4-18-40(51(74)64-44(28-47(70)71)53(76)62-41(49(57)72)24-32-13-7-5-8-14-32)61-52(75)43(26-35-29-58-39-19-12-11-17-37(35)39)60-45(67)30-59-55(78)48(31(2)34-15-9-6-10-16-34)65-54(77)42(25-33-20-22-36(66)23-21-33)63-50(73)38(56)27-46(68)69/h5-17,19-23,29,31,38,40-44,48,58,66H,3-4,18,24-28,30,56H2,1-2H3,(H2,57,72)(H,59,78)(H,60,67)(H,61,75)(H,62,76)(H,63,73)(H,64,74)(H,65,77)(H,68,69)(H,70,71)/t31-,38+,40+,41+,42+,43+,44+,48-/m1/s1. The number of H-pyrrole nitrogens is 1. The Kier molecular flexibility index (Phi) is 22.4. The molecule has 0 unspecified atom stereocenters. The van der Waals surface area contributed by atoms with E-state index in [4.69, 9.17) is 11.5 Å². The lowest BCUT2D eigenvalue weighted by atomic mass is 9.92. The number of aromatic nitrogens is 1. The number of carbonyl (C=O) groups excluding carboxylic acids is 8. The molecule has 1 heterocycles. The number of benzene rings is 4. The summed E-state index contributed by atoms with van der Waals surface area (Å²) in [4.78, 5) is 136. The third-order valence-electron chi connectivity index (χ3n) is 12.8. The first-order valence-corrected chi connectivity index (χ1v) is 25.2. The van der Waals surface area contributed by atoms with Crippen molar-refractivity contribution in [2.75, 3.05) is 6.54 Å². The van der Waals surface area contributed by atoms with Crippen molar-refractivity contribution in [3.63, 3.8) is 0 Å². The fourth-order valence-electron chi connectivity index (χ4n) is 8.46. The van der Waals surface area contributed by atoms with Crippen LogP contribution in [0.3, 0.4) is 0 Å². The van der Waals surface area contributed by atoms with Crippen LogP contribution in [0.25, 0.3) is 10.9 Å². The highest BCUT2D eigenvalue weighted by atomic mass is 16.4. The lowest BCUT2D eigenvalue weighted by Gasteiger charge is -2.28. The van der Waals surface area contributed by atoms with Gasteiger partial charge in [0.05, 0.1) is 25.4 Å². The Morgan fingerprint density at radius 3 is 1.73 bits per heavy atom. The van der Waals surface area contributed by atoms with Crippen LogP contribution in [0.15, 0.2) is 115 Å². The third kappa shape index (κ3) is 18.3. The summed E-state index contributed by atoms with van der Waals surface area (Å²) in [6.45, 7) is 2.72. The lowest BCUT2D eigenvalue weighted by molar-refractivity contribution is -0.141. The number of hydrogen-bond acceptors (Lipinski definition) is 12. The minimum absolute atomic E-state index is 0.0124. The molecule has 78 heavy (non-hydrogen) atoms. The number of unbranched alkanes of at least 4 members (excludes halogenated alkanes) is 1. The molecule has 23 nitrogen and oxygen atoms in total. The Balaban J connectivity index is 1.37. The molecule has 5 rings (SSSR count). The van der Waals surface area contributed by atoms with E-state index in [-0.39, 0.29) is 31.4 Å². The van der Waals surface area contributed by atoms with Gasteiger partial charge in [0.1, 0.15) is 42.0 Å². The molecule has 8 amide bonds. The SMILES string of the molecule is CCCC[C@H](NC(=O)[C@H](Cc1c[nH]c2ccccc12)NC(=O)CNC(=O)[C@H](NC(=O)[C@H](Cc1ccc(O)cc1)NC(=O)[C@@H](N)CC(=O)O)[C@H](C)c1ccccc1)C(=O)N[C@@H](CC(=O)O)C(=O)N[C@@H](Cc1ccccc1)C(N)=O. The monoisotopic (exact) mass is 1070 g/mol. The van der Waals surface area contributed by atoms with E-state index in [0.29, 0.717) is 46.0 Å². The van der Waals surface area contributed by atoms with Gasteiger partial charge in [-0.05, 0) is 46.9 Å². The number of phenolic OH excluding ortho intramolecular Hbond substituents is 1. The van der Waals surface area contributed by atoms with Crippen molar-refractivity contribution in [1.29, 1.82) is 0 Å². The van der Waals surface area contributed by atoms with Crippen molar-refractivity contribution >= 4 is 70.1 Å². The maximum Gasteiger partial charge on any atom is 0.305 e. The van der Waals surface area contributed by atoms with E-state index < -0.39 is 127 Å². The van der Waals surface area contributed by atoms with E-state index in [1.54, 1.807) is 98.0 Å². The number of rotatable bonds is 30. The van der Waals surface area contributed by atoms with E-state index in [2.05, 4.69) is 42.2 Å². The Morgan fingerprint density at radius 1 is 0.564 bits per heavy atom. The molecule has 23 heteroatoms. The van der Waals surface area contributed by atoms with Crippen LogP contribution in [0.1, 0.15) is 74.1 Å². The highest BCUT2D eigenvalue weighted by Gasteiger charge is 2.35. The van der Waals surface area contributed by atoms with Crippen LogP contribution in [0.5, 0.6) is 5.75 Å². The molecule has 0 aliphatic carbocycles. The van der Waals surface area contributed by atoms with Crippen molar-refractivity contribution in [3.05, 3.63) is 138 Å². The molecule has 15 N–H and O–H groups in total. The highest BCUT2D eigenvalue weighted by Crippen LogP contribution is 2.22. The van der Waals surface area contributed by atoms with E-state index in [0.717, 1.165) is 0 Å². The van der Waals surface area contributed by atoms with Crippen LogP contribution in [-0.4, -0.2) is 128 Å². The maximum atomic E-state index is 14.5. The second-order valence-electron chi connectivity index (χ2n) is 18.7. The molecule has 4 aromatic carbocycles. The van der Waals surface area contributed by atoms with Gasteiger partial charge in [0.25, 0.3) is 0 Å². The fourth-order valence-corrected chi connectivity index (χ4v) is 8.46. The van der Waals surface area contributed by atoms with Crippen LogP contribution in [-0.2, 0) is 67.2 Å². The zero-order chi connectivity index (χ0) is 56.9. The summed E-state index contributed by atoms with van der Waals surface area (Å²) in [6, 6.07) is 19.9. The normalized spacial score (nSPS) is 14.1.